The third-order valence-electron chi connectivity index (χ3n) is 4.16. The number of hydrogen-bond acceptors (Lipinski definition) is 2. The van der Waals surface area contributed by atoms with E-state index in [2.05, 4.69) is 43.1 Å². The molecule has 0 bridgehead atoms. The van der Waals surface area contributed by atoms with Crippen LogP contribution in [0, 0.1) is 0 Å². The molecule has 2 rings (SSSR count). The van der Waals surface area contributed by atoms with Crippen molar-refractivity contribution >= 4 is 17.3 Å². The molecule has 1 heterocycles. The molecule has 1 saturated heterocycles. The molecule has 1 atom stereocenters. The zero-order valence-corrected chi connectivity index (χ0v) is 13.7. The van der Waals surface area contributed by atoms with Gasteiger partial charge in [-0.15, -0.1) is 0 Å². The lowest BCUT2D eigenvalue weighted by Gasteiger charge is -2.39. The molecule has 1 N–H and O–H groups in total. The highest BCUT2D eigenvalue weighted by Gasteiger charge is 2.24. The predicted molar refractivity (Wildman–Crippen MR) is 88.7 cm³/mol. The molecule has 0 aliphatic carbocycles. The van der Waals surface area contributed by atoms with Crippen LogP contribution in [-0.2, 0) is 6.54 Å². The molecule has 0 aromatic heterocycles. The molecule has 0 amide bonds. The fourth-order valence-corrected chi connectivity index (χ4v) is 3.36. The molecular weight excluding hydrogens is 268 g/mol. The predicted octanol–water partition coefficient (Wildman–Crippen LogP) is 4.61. The molecule has 1 fully saturated rings. The minimum atomic E-state index is 0.491. The van der Waals surface area contributed by atoms with E-state index in [1.807, 2.05) is 6.07 Å². The van der Waals surface area contributed by atoms with Gasteiger partial charge in [-0.2, -0.15) is 0 Å². The van der Waals surface area contributed by atoms with Crippen LogP contribution in [0.3, 0.4) is 0 Å². The smallest absolute Gasteiger partial charge is 0.0643 e. The van der Waals surface area contributed by atoms with Gasteiger partial charge >= 0.3 is 0 Å². The summed E-state index contributed by atoms with van der Waals surface area (Å²) in [5.74, 6) is 0. The number of rotatable bonds is 5. The van der Waals surface area contributed by atoms with Crippen molar-refractivity contribution in [2.75, 3.05) is 11.4 Å². The first kappa shape index (κ1) is 15.7. The van der Waals surface area contributed by atoms with Gasteiger partial charge in [-0.25, -0.2) is 0 Å². The Hall–Kier alpha value is -0.730. The van der Waals surface area contributed by atoms with Gasteiger partial charge < -0.3 is 10.2 Å². The van der Waals surface area contributed by atoms with Crippen molar-refractivity contribution < 1.29 is 0 Å². The molecule has 0 spiro atoms. The van der Waals surface area contributed by atoms with Crippen molar-refractivity contribution in [3.05, 3.63) is 28.8 Å². The molecular formula is C17H27ClN2. The summed E-state index contributed by atoms with van der Waals surface area (Å²) in [6.07, 6.45) is 5.11. The van der Waals surface area contributed by atoms with Gasteiger partial charge in [0.2, 0.25) is 0 Å². The zero-order valence-electron chi connectivity index (χ0n) is 13.0. The van der Waals surface area contributed by atoms with E-state index in [0.29, 0.717) is 12.1 Å². The molecule has 2 nitrogen and oxygen atoms in total. The van der Waals surface area contributed by atoms with Gasteiger partial charge in [-0.05, 0) is 37.3 Å². The Morgan fingerprint density at radius 3 is 2.85 bits per heavy atom. The summed E-state index contributed by atoms with van der Waals surface area (Å²) in [6, 6.07) is 7.43. The Morgan fingerprint density at radius 1 is 1.35 bits per heavy atom. The third-order valence-corrected chi connectivity index (χ3v) is 4.46. The number of nitrogens with zero attached hydrogens (tertiary/aromatic N) is 1. The van der Waals surface area contributed by atoms with E-state index in [4.69, 9.17) is 11.6 Å². The van der Waals surface area contributed by atoms with Crippen LogP contribution in [0.5, 0.6) is 0 Å². The summed E-state index contributed by atoms with van der Waals surface area (Å²) in [5.41, 5.74) is 2.58. The van der Waals surface area contributed by atoms with Crippen LogP contribution in [0.25, 0.3) is 0 Å². The summed E-state index contributed by atoms with van der Waals surface area (Å²) < 4.78 is 0. The van der Waals surface area contributed by atoms with E-state index in [9.17, 15) is 0 Å². The standard InChI is InChI=1S/C17H27ClN2/c1-4-15-9-5-6-11-20(15)17-14(12-19-13(2)3)8-7-10-16(17)18/h7-8,10,13,15,19H,4-6,9,11-12H2,1-3H3. The highest BCUT2D eigenvalue weighted by Crippen LogP contribution is 2.35. The lowest BCUT2D eigenvalue weighted by atomic mass is 9.98. The summed E-state index contributed by atoms with van der Waals surface area (Å²) in [4.78, 5) is 2.54. The Bertz CT molecular complexity index is 431. The molecule has 1 aromatic carbocycles. The van der Waals surface area contributed by atoms with E-state index >= 15 is 0 Å². The lowest BCUT2D eigenvalue weighted by molar-refractivity contribution is 0.448. The monoisotopic (exact) mass is 294 g/mol. The van der Waals surface area contributed by atoms with Crippen LogP contribution >= 0.6 is 11.6 Å². The average Bonchev–Trinajstić information content (AvgIpc) is 2.45. The van der Waals surface area contributed by atoms with Gasteiger partial charge in [0.1, 0.15) is 0 Å². The Labute approximate surface area is 128 Å². The Morgan fingerprint density at radius 2 is 2.15 bits per heavy atom. The number of para-hydroxylation sites is 1. The Kier molecular flexibility index (Phi) is 5.74. The molecule has 112 valence electrons. The third kappa shape index (κ3) is 3.67. The van der Waals surface area contributed by atoms with E-state index in [1.165, 1.54) is 36.9 Å². The van der Waals surface area contributed by atoms with Crippen LogP contribution in [0.1, 0.15) is 52.0 Å². The fraction of sp³-hybridized carbons (Fsp3) is 0.647. The maximum atomic E-state index is 6.53. The van der Waals surface area contributed by atoms with Gasteiger partial charge in [-0.3, -0.25) is 0 Å². The van der Waals surface area contributed by atoms with E-state index in [1.54, 1.807) is 0 Å². The second-order valence-electron chi connectivity index (χ2n) is 6.03. The number of hydrogen-bond donors (Lipinski definition) is 1. The van der Waals surface area contributed by atoms with Crippen LogP contribution < -0.4 is 10.2 Å². The van der Waals surface area contributed by atoms with Crippen molar-refractivity contribution in [3.8, 4) is 0 Å². The van der Waals surface area contributed by atoms with Crippen LogP contribution in [-0.4, -0.2) is 18.6 Å². The molecule has 1 unspecified atom stereocenters. The van der Waals surface area contributed by atoms with Crippen molar-refractivity contribution in [2.45, 2.75) is 65.1 Å². The van der Waals surface area contributed by atoms with E-state index in [-0.39, 0.29) is 0 Å². The topological polar surface area (TPSA) is 15.3 Å². The minimum absolute atomic E-state index is 0.491. The van der Waals surface area contributed by atoms with Crippen molar-refractivity contribution in [2.24, 2.45) is 0 Å². The largest absolute Gasteiger partial charge is 0.367 e. The summed E-state index contributed by atoms with van der Waals surface area (Å²) in [6.45, 7) is 8.67. The molecule has 1 aliphatic heterocycles. The quantitative estimate of drug-likeness (QED) is 0.853. The Balaban J connectivity index is 2.28. The average molecular weight is 295 g/mol. The van der Waals surface area contributed by atoms with Gasteiger partial charge in [-0.1, -0.05) is 44.5 Å². The minimum Gasteiger partial charge on any atom is -0.367 e. The van der Waals surface area contributed by atoms with Crippen molar-refractivity contribution in [3.63, 3.8) is 0 Å². The maximum Gasteiger partial charge on any atom is 0.0643 e. The van der Waals surface area contributed by atoms with Crippen LogP contribution in [0.4, 0.5) is 5.69 Å². The lowest BCUT2D eigenvalue weighted by Crippen LogP contribution is -2.40. The van der Waals surface area contributed by atoms with Gasteiger partial charge in [0, 0.05) is 25.2 Å². The number of nitrogens with one attached hydrogen (secondary N) is 1. The number of piperidine rings is 1. The molecule has 3 heteroatoms. The molecule has 20 heavy (non-hydrogen) atoms. The van der Waals surface area contributed by atoms with Gasteiger partial charge in [0.15, 0.2) is 0 Å². The van der Waals surface area contributed by atoms with Crippen LogP contribution in [0.15, 0.2) is 18.2 Å². The van der Waals surface area contributed by atoms with Gasteiger partial charge in [0.05, 0.1) is 10.7 Å². The van der Waals surface area contributed by atoms with Gasteiger partial charge in [0.25, 0.3) is 0 Å². The normalized spacial score (nSPS) is 19.6. The number of halogens is 1. The van der Waals surface area contributed by atoms with Crippen LogP contribution in [0.2, 0.25) is 5.02 Å². The summed E-state index contributed by atoms with van der Waals surface area (Å²) in [5, 5.41) is 4.41. The molecule has 1 aliphatic rings. The molecule has 0 saturated carbocycles. The number of benzene rings is 1. The van der Waals surface area contributed by atoms with Crippen molar-refractivity contribution in [1.82, 2.24) is 5.32 Å². The SMILES string of the molecule is CCC1CCCCN1c1c(Cl)cccc1CNC(C)C. The molecule has 1 aromatic rings. The summed E-state index contributed by atoms with van der Waals surface area (Å²) >= 11 is 6.53. The first-order valence-electron chi connectivity index (χ1n) is 7.91. The van der Waals surface area contributed by atoms with E-state index < -0.39 is 0 Å². The first-order chi connectivity index (χ1) is 9.63. The second-order valence-corrected chi connectivity index (χ2v) is 6.44. The highest BCUT2D eigenvalue weighted by molar-refractivity contribution is 6.33. The van der Waals surface area contributed by atoms with Crippen molar-refractivity contribution in [1.29, 1.82) is 0 Å². The number of anilines is 1. The fourth-order valence-electron chi connectivity index (χ4n) is 3.06. The highest BCUT2D eigenvalue weighted by atomic mass is 35.5. The summed E-state index contributed by atoms with van der Waals surface area (Å²) in [7, 11) is 0. The first-order valence-corrected chi connectivity index (χ1v) is 8.28. The molecule has 0 radical (unpaired) electrons. The second kappa shape index (κ2) is 7.33. The maximum absolute atomic E-state index is 6.53. The van der Waals surface area contributed by atoms with E-state index in [0.717, 1.165) is 18.1 Å². The zero-order chi connectivity index (χ0) is 14.5.